The minimum atomic E-state index is -4.53. The van der Waals surface area contributed by atoms with Gasteiger partial charge in [-0.3, -0.25) is 14.3 Å². The second kappa shape index (κ2) is 9.35. The molecule has 1 atom stereocenters. The van der Waals surface area contributed by atoms with Crippen LogP contribution in [0.3, 0.4) is 0 Å². The summed E-state index contributed by atoms with van der Waals surface area (Å²) in [5, 5.41) is 5.44. The number of aromatic nitrogens is 2. The Morgan fingerprint density at radius 3 is 2.27 bits per heavy atom. The van der Waals surface area contributed by atoms with Crippen LogP contribution in [0, 0.1) is 12.8 Å². The summed E-state index contributed by atoms with van der Waals surface area (Å²) in [5.41, 5.74) is 0.216. The molecule has 10 heteroatoms. The van der Waals surface area contributed by atoms with E-state index in [1.54, 1.807) is 56.8 Å². The van der Waals surface area contributed by atoms with Gasteiger partial charge in [0.1, 0.15) is 11.7 Å². The lowest BCUT2D eigenvalue weighted by atomic mass is 10.0. The molecule has 1 amide bonds. The molecule has 0 unspecified atom stereocenters. The Morgan fingerprint density at radius 2 is 1.73 bits per heavy atom. The summed E-state index contributed by atoms with van der Waals surface area (Å²) in [6.45, 7) is 5.26. The fraction of sp³-hybridized carbons (Fsp3) is 0.304. The molecule has 3 aromatic rings. The Morgan fingerprint density at radius 1 is 1.09 bits per heavy atom. The number of amides is 1. The van der Waals surface area contributed by atoms with Gasteiger partial charge in [0.2, 0.25) is 5.91 Å². The van der Waals surface area contributed by atoms with Gasteiger partial charge in [0.15, 0.2) is 0 Å². The SMILES string of the molecule is Cc1c(NC(=O)[C@@H](Nc2ccc(C(F)(F)F)cc2Cl)C(C)C)c(=O)n(-c2ccccc2)n1C. The zero-order chi connectivity index (χ0) is 24.5. The molecule has 2 aromatic carbocycles. The summed E-state index contributed by atoms with van der Waals surface area (Å²) in [7, 11) is 1.71. The molecule has 0 saturated heterocycles. The summed E-state index contributed by atoms with van der Waals surface area (Å²) >= 11 is 6.04. The largest absolute Gasteiger partial charge is 0.416 e. The predicted octanol–water partition coefficient (Wildman–Crippen LogP) is 5.23. The number of nitrogens with zero attached hydrogens (tertiary/aromatic N) is 2. The van der Waals surface area contributed by atoms with Gasteiger partial charge >= 0.3 is 6.18 Å². The maximum atomic E-state index is 13.1. The number of benzene rings is 2. The number of anilines is 2. The second-order valence-electron chi connectivity index (χ2n) is 7.98. The van der Waals surface area contributed by atoms with E-state index in [9.17, 15) is 22.8 Å². The predicted molar refractivity (Wildman–Crippen MR) is 123 cm³/mol. The Bertz CT molecular complexity index is 1220. The smallest absolute Gasteiger partial charge is 0.372 e. The first kappa shape index (κ1) is 24.4. The Kier molecular flexibility index (Phi) is 6.92. The van der Waals surface area contributed by atoms with Gasteiger partial charge in [-0.15, -0.1) is 0 Å². The van der Waals surface area contributed by atoms with Crippen LogP contribution in [0.4, 0.5) is 24.5 Å². The van der Waals surface area contributed by atoms with Gasteiger partial charge in [-0.1, -0.05) is 43.6 Å². The Labute approximate surface area is 194 Å². The van der Waals surface area contributed by atoms with Gasteiger partial charge in [-0.05, 0) is 43.2 Å². The average Bonchev–Trinajstić information content (AvgIpc) is 2.95. The highest BCUT2D eigenvalue weighted by atomic mass is 35.5. The van der Waals surface area contributed by atoms with E-state index in [4.69, 9.17) is 11.6 Å². The number of hydrogen-bond donors (Lipinski definition) is 2. The number of rotatable bonds is 6. The van der Waals surface area contributed by atoms with Gasteiger partial charge < -0.3 is 10.6 Å². The molecular formula is C23H24ClF3N4O2. The second-order valence-corrected chi connectivity index (χ2v) is 8.39. The molecule has 176 valence electrons. The molecular weight excluding hydrogens is 457 g/mol. The van der Waals surface area contributed by atoms with E-state index in [-0.39, 0.29) is 22.3 Å². The highest BCUT2D eigenvalue weighted by molar-refractivity contribution is 6.33. The van der Waals surface area contributed by atoms with Crippen molar-refractivity contribution in [1.29, 1.82) is 0 Å². The first-order valence-electron chi connectivity index (χ1n) is 10.2. The normalized spacial score (nSPS) is 12.6. The van der Waals surface area contributed by atoms with Crippen molar-refractivity contribution < 1.29 is 18.0 Å². The van der Waals surface area contributed by atoms with Crippen LogP contribution in [0.5, 0.6) is 0 Å². The van der Waals surface area contributed by atoms with Gasteiger partial charge in [0, 0.05) is 7.05 Å². The van der Waals surface area contributed by atoms with Crippen molar-refractivity contribution in [2.24, 2.45) is 13.0 Å². The lowest BCUT2D eigenvalue weighted by Gasteiger charge is -2.23. The lowest BCUT2D eigenvalue weighted by Crippen LogP contribution is -2.40. The first-order valence-corrected chi connectivity index (χ1v) is 10.6. The van der Waals surface area contributed by atoms with Crippen molar-refractivity contribution in [3.05, 3.63) is 75.2 Å². The molecule has 0 aliphatic carbocycles. The Balaban J connectivity index is 1.89. The van der Waals surface area contributed by atoms with Crippen LogP contribution in [0.15, 0.2) is 53.3 Å². The van der Waals surface area contributed by atoms with Crippen LogP contribution in [0.25, 0.3) is 5.69 Å². The number of halogens is 4. The number of alkyl halides is 3. The molecule has 0 aliphatic rings. The number of carbonyl (C=O) groups excluding carboxylic acids is 1. The molecule has 0 radical (unpaired) electrons. The highest BCUT2D eigenvalue weighted by Gasteiger charge is 2.32. The van der Waals surface area contributed by atoms with Gasteiger partial charge in [0.25, 0.3) is 5.56 Å². The van der Waals surface area contributed by atoms with Gasteiger partial charge in [-0.25, -0.2) is 4.68 Å². The third-order valence-electron chi connectivity index (χ3n) is 5.36. The van der Waals surface area contributed by atoms with Crippen molar-refractivity contribution in [2.75, 3.05) is 10.6 Å². The number of carbonyl (C=O) groups is 1. The van der Waals surface area contributed by atoms with E-state index in [2.05, 4.69) is 10.6 Å². The molecule has 0 bridgehead atoms. The number of nitrogens with one attached hydrogen (secondary N) is 2. The van der Waals surface area contributed by atoms with Crippen molar-refractivity contribution in [3.8, 4) is 5.69 Å². The van der Waals surface area contributed by atoms with E-state index in [0.717, 1.165) is 12.1 Å². The molecule has 0 spiro atoms. The lowest BCUT2D eigenvalue weighted by molar-refractivity contribution is -0.137. The first-order chi connectivity index (χ1) is 15.4. The van der Waals surface area contributed by atoms with Crippen molar-refractivity contribution in [1.82, 2.24) is 9.36 Å². The monoisotopic (exact) mass is 480 g/mol. The third kappa shape index (κ3) is 5.08. The van der Waals surface area contributed by atoms with E-state index >= 15 is 0 Å². The molecule has 0 fully saturated rings. The van der Waals surface area contributed by atoms with Crippen LogP contribution < -0.4 is 16.2 Å². The van der Waals surface area contributed by atoms with E-state index < -0.39 is 29.2 Å². The van der Waals surface area contributed by atoms with Crippen molar-refractivity contribution >= 4 is 28.9 Å². The molecule has 1 aromatic heterocycles. The molecule has 6 nitrogen and oxygen atoms in total. The number of hydrogen-bond acceptors (Lipinski definition) is 3. The van der Waals surface area contributed by atoms with E-state index in [0.29, 0.717) is 11.4 Å². The van der Waals surface area contributed by atoms with Crippen LogP contribution in [0.2, 0.25) is 5.02 Å². The molecule has 0 aliphatic heterocycles. The molecule has 1 heterocycles. The third-order valence-corrected chi connectivity index (χ3v) is 5.67. The van der Waals surface area contributed by atoms with Gasteiger partial charge in [0.05, 0.1) is 27.7 Å². The summed E-state index contributed by atoms with van der Waals surface area (Å²) in [6.07, 6.45) is -4.53. The Hall–Kier alpha value is -3.20. The van der Waals surface area contributed by atoms with Crippen molar-refractivity contribution in [3.63, 3.8) is 0 Å². The molecule has 0 saturated carbocycles. The summed E-state index contributed by atoms with van der Waals surface area (Å²) < 4.78 is 41.8. The van der Waals surface area contributed by atoms with Gasteiger partial charge in [-0.2, -0.15) is 13.2 Å². The topological polar surface area (TPSA) is 68.1 Å². The fourth-order valence-electron chi connectivity index (χ4n) is 3.42. The van der Waals surface area contributed by atoms with E-state index in [1.165, 1.54) is 10.7 Å². The van der Waals surface area contributed by atoms with Crippen LogP contribution in [-0.4, -0.2) is 21.3 Å². The maximum Gasteiger partial charge on any atom is 0.416 e. The van der Waals surface area contributed by atoms with E-state index in [1.807, 2.05) is 6.07 Å². The van der Waals surface area contributed by atoms with Crippen LogP contribution in [0.1, 0.15) is 25.1 Å². The van der Waals surface area contributed by atoms with Crippen molar-refractivity contribution in [2.45, 2.75) is 33.0 Å². The highest BCUT2D eigenvalue weighted by Crippen LogP contribution is 2.34. The fourth-order valence-corrected chi connectivity index (χ4v) is 3.66. The maximum absolute atomic E-state index is 13.1. The number of para-hydroxylation sites is 1. The summed E-state index contributed by atoms with van der Waals surface area (Å²) in [4.78, 5) is 26.2. The molecule has 33 heavy (non-hydrogen) atoms. The minimum Gasteiger partial charge on any atom is -0.372 e. The van der Waals surface area contributed by atoms with Crippen LogP contribution >= 0.6 is 11.6 Å². The minimum absolute atomic E-state index is 0.123. The summed E-state index contributed by atoms with van der Waals surface area (Å²) in [5.74, 6) is -0.768. The zero-order valence-corrected chi connectivity index (χ0v) is 19.3. The average molecular weight is 481 g/mol. The standard InChI is InChI=1S/C23H24ClF3N4O2/c1-13(2)19(28-18-11-10-15(12-17(18)24)23(25,26)27)21(32)29-20-14(3)30(4)31(22(20)33)16-8-6-5-7-9-16/h5-13,19,28H,1-4H3,(H,29,32)/t19-/m0/s1. The quantitative estimate of drug-likeness (QED) is 0.507. The van der Waals surface area contributed by atoms with Crippen LogP contribution in [-0.2, 0) is 18.0 Å². The summed E-state index contributed by atoms with van der Waals surface area (Å²) in [6, 6.07) is 11.0. The molecule has 2 N–H and O–H groups in total. The molecule has 3 rings (SSSR count). The zero-order valence-electron chi connectivity index (χ0n) is 18.5.